The molecule has 3 nitrogen and oxygen atoms in total. The quantitative estimate of drug-likeness (QED) is 0.854. The zero-order valence-electron chi connectivity index (χ0n) is 12.7. The Morgan fingerprint density at radius 3 is 2.38 bits per heavy atom. The van der Waals surface area contributed by atoms with E-state index in [4.69, 9.17) is 10.5 Å². The molecule has 2 aromatic carbocycles. The predicted molar refractivity (Wildman–Crippen MR) is 88.0 cm³/mol. The SMILES string of the molecule is COc1ccccc1N(C)CC1(c2ccc(N)cc2)CC1. The molecule has 21 heavy (non-hydrogen) atoms. The van der Waals surface area contributed by atoms with Gasteiger partial charge in [-0.15, -0.1) is 0 Å². The Morgan fingerprint density at radius 1 is 1.10 bits per heavy atom. The Labute approximate surface area is 126 Å². The first-order valence-corrected chi connectivity index (χ1v) is 7.35. The van der Waals surface area contributed by atoms with Gasteiger partial charge in [-0.05, 0) is 42.7 Å². The predicted octanol–water partition coefficient (Wildman–Crippen LogP) is 3.45. The molecule has 2 N–H and O–H groups in total. The van der Waals surface area contributed by atoms with Crippen LogP contribution in [0, 0.1) is 0 Å². The van der Waals surface area contributed by atoms with Crippen molar-refractivity contribution in [2.45, 2.75) is 18.3 Å². The minimum atomic E-state index is 0.267. The highest BCUT2D eigenvalue weighted by Gasteiger charge is 2.45. The molecule has 0 heterocycles. The summed E-state index contributed by atoms with van der Waals surface area (Å²) in [5.74, 6) is 0.924. The summed E-state index contributed by atoms with van der Waals surface area (Å²) in [6.45, 7) is 0.997. The molecule has 0 saturated heterocycles. The molecule has 3 rings (SSSR count). The Balaban J connectivity index is 1.81. The van der Waals surface area contributed by atoms with Crippen molar-refractivity contribution in [2.75, 3.05) is 31.3 Å². The van der Waals surface area contributed by atoms with Gasteiger partial charge in [-0.25, -0.2) is 0 Å². The third kappa shape index (κ3) is 2.68. The lowest BCUT2D eigenvalue weighted by molar-refractivity contribution is 0.414. The van der Waals surface area contributed by atoms with Crippen LogP contribution in [-0.2, 0) is 5.41 Å². The highest BCUT2D eigenvalue weighted by Crippen LogP contribution is 2.49. The van der Waals surface area contributed by atoms with E-state index < -0.39 is 0 Å². The van der Waals surface area contributed by atoms with Crippen LogP contribution in [0.4, 0.5) is 11.4 Å². The second-order valence-corrected chi connectivity index (χ2v) is 5.93. The van der Waals surface area contributed by atoms with Crippen LogP contribution < -0.4 is 15.4 Å². The second-order valence-electron chi connectivity index (χ2n) is 5.93. The minimum absolute atomic E-state index is 0.267. The van der Waals surface area contributed by atoms with E-state index in [-0.39, 0.29) is 5.41 Å². The molecule has 0 radical (unpaired) electrons. The summed E-state index contributed by atoms with van der Waals surface area (Å²) < 4.78 is 5.46. The van der Waals surface area contributed by atoms with Crippen LogP contribution in [0.5, 0.6) is 5.75 Å². The topological polar surface area (TPSA) is 38.5 Å². The molecule has 1 saturated carbocycles. The molecule has 2 aromatic rings. The minimum Gasteiger partial charge on any atom is -0.495 e. The first kappa shape index (κ1) is 13.8. The lowest BCUT2D eigenvalue weighted by atomic mass is 9.95. The van der Waals surface area contributed by atoms with Crippen molar-refractivity contribution in [3.8, 4) is 5.75 Å². The fourth-order valence-corrected chi connectivity index (χ4v) is 3.01. The van der Waals surface area contributed by atoms with Crippen molar-refractivity contribution in [2.24, 2.45) is 0 Å². The number of hydrogen-bond acceptors (Lipinski definition) is 3. The Bertz CT molecular complexity index is 617. The summed E-state index contributed by atoms with van der Waals surface area (Å²) in [5.41, 5.74) is 9.42. The van der Waals surface area contributed by atoms with Gasteiger partial charge in [0.2, 0.25) is 0 Å². The smallest absolute Gasteiger partial charge is 0.142 e. The van der Waals surface area contributed by atoms with Gasteiger partial charge in [0.05, 0.1) is 12.8 Å². The van der Waals surface area contributed by atoms with Crippen molar-refractivity contribution >= 4 is 11.4 Å². The summed E-state index contributed by atoms with van der Waals surface area (Å²) in [7, 11) is 3.86. The van der Waals surface area contributed by atoms with E-state index in [1.807, 2.05) is 24.3 Å². The van der Waals surface area contributed by atoms with Crippen molar-refractivity contribution in [1.82, 2.24) is 0 Å². The number of nitrogen functional groups attached to an aromatic ring is 1. The molecular formula is C18H22N2O. The largest absolute Gasteiger partial charge is 0.495 e. The number of ether oxygens (including phenoxy) is 1. The van der Waals surface area contributed by atoms with Gasteiger partial charge in [0, 0.05) is 24.7 Å². The maximum absolute atomic E-state index is 5.79. The summed E-state index contributed by atoms with van der Waals surface area (Å²) in [5, 5.41) is 0. The number of nitrogens with two attached hydrogens (primary N) is 1. The summed E-state index contributed by atoms with van der Waals surface area (Å²) >= 11 is 0. The number of para-hydroxylation sites is 2. The monoisotopic (exact) mass is 282 g/mol. The highest BCUT2D eigenvalue weighted by atomic mass is 16.5. The maximum atomic E-state index is 5.79. The maximum Gasteiger partial charge on any atom is 0.142 e. The third-order valence-electron chi connectivity index (χ3n) is 4.41. The summed E-state index contributed by atoms with van der Waals surface area (Å²) in [6, 6.07) is 16.5. The zero-order chi connectivity index (χ0) is 14.9. The number of nitrogens with zero attached hydrogens (tertiary/aromatic N) is 1. The summed E-state index contributed by atoms with van der Waals surface area (Å²) in [4.78, 5) is 2.29. The van der Waals surface area contributed by atoms with Crippen LogP contribution in [0.3, 0.4) is 0 Å². The van der Waals surface area contributed by atoms with Crippen LogP contribution in [-0.4, -0.2) is 20.7 Å². The standard InChI is InChI=1S/C18H22N2O/c1-20(16-5-3-4-6-17(16)21-2)13-18(11-12-18)14-7-9-15(19)10-8-14/h3-10H,11-13,19H2,1-2H3. The molecule has 0 aliphatic heterocycles. The van der Waals surface area contributed by atoms with Gasteiger partial charge in [-0.3, -0.25) is 0 Å². The molecule has 1 aliphatic rings. The van der Waals surface area contributed by atoms with Crippen molar-refractivity contribution < 1.29 is 4.74 Å². The van der Waals surface area contributed by atoms with E-state index in [0.717, 1.165) is 23.7 Å². The van der Waals surface area contributed by atoms with E-state index in [1.54, 1.807) is 7.11 Å². The molecule has 110 valence electrons. The van der Waals surface area contributed by atoms with Gasteiger partial charge >= 0.3 is 0 Å². The van der Waals surface area contributed by atoms with Crippen LogP contribution in [0.15, 0.2) is 48.5 Å². The van der Waals surface area contributed by atoms with Crippen molar-refractivity contribution in [3.63, 3.8) is 0 Å². The van der Waals surface area contributed by atoms with Gasteiger partial charge < -0.3 is 15.4 Å². The molecule has 0 atom stereocenters. The number of methoxy groups -OCH3 is 1. The highest BCUT2D eigenvalue weighted by molar-refractivity contribution is 5.59. The zero-order valence-corrected chi connectivity index (χ0v) is 12.7. The normalized spacial score (nSPS) is 15.5. The van der Waals surface area contributed by atoms with E-state index in [0.29, 0.717) is 0 Å². The Kier molecular flexibility index (Phi) is 3.50. The van der Waals surface area contributed by atoms with E-state index >= 15 is 0 Å². The molecule has 1 aliphatic carbocycles. The average Bonchev–Trinajstić information content (AvgIpc) is 3.28. The summed E-state index contributed by atoms with van der Waals surface area (Å²) in [6.07, 6.45) is 2.47. The average molecular weight is 282 g/mol. The third-order valence-corrected chi connectivity index (χ3v) is 4.41. The van der Waals surface area contributed by atoms with Crippen LogP contribution >= 0.6 is 0 Å². The molecule has 0 bridgehead atoms. The van der Waals surface area contributed by atoms with Crippen molar-refractivity contribution in [1.29, 1.82) is 0 Å². The number of hydrogen-bond donors (Lipinski definition) is 1. The van der Waals surface area contributed by atoms with E-state index in [2.05, 4.69) is 36.2 Å². The van der Waals surface area contributed by atoms with E-state index in [1.165, 1.54) is 18.4 Å². The number of benzene rings is 2. The second kappa shape index (κ2) is 5.32. The lowest BCUT2D eigenvalue weighted by Crippen LogP contribution is -2.29. The van der Waals surface area contributed by atoms with Gasteiger partial charge in [0.15, 0.2) is 0 Å². The fourth-order valence-electron chi connectivity index (χ4n) is 3.01. The first-order valence-electron chi connectivity index (χ1n) is 7.35. The lowest BCUT2D eigenvalue weighted by Gasteiger charge is -2.27. The van der Waals surface area contributed by atoms with Crippen LogP contribution in [0.1, 0.15) is 18.4 Å². The molecule has 0 unspecified atom stereocenters. The number of rotatable bonds is 5. The van der Waals surface area contributed by atoms with Crippen LogP contribution in [0.2, 0.25) is 0 Å². The Hall–Kier alpha value is -2.16. The molecular weight excluding hydrogens is 260 g/mol. The van der Waals surface area contributed by atoms with Crippen molar-refractivity contribution in [3.05, 3.63) is 54.1 Å². The van der Waals surface area contributed by atoms with Gasteiger partial charge in [0.1, 0.15) is 5.75 Å². The van der Waals surface area contributed by atoms with Gasteiger partial charge in [0.25, 0.3) is 0 Å². The fraction of sp³-hybridized carbons (Fsp3) is 0.333. The van der Waals surface area contributed by atoms with Gasteiger partial charge in [-0.1, -0.05) is 24.3 Å². The molecule has 0 amide bonds. The molecule has 1 fully saturated rings. The molecule has 3 heteroatoms. The molecule has 0 aromatic heterocycles. The molecule has 0 spiro atoms. The first-order chi connectivity index (χ1) is 10.1. The van der Waals surface area contributed by atoms with Gasteiger partial charge in [-0.2, -0.15) is 0 Å². The number of likely N-dealkylation sites (N-methyl/N-ethyl adjacent to an activating group) is 1. The Morgan fingerprint density at radius 2 is 1.76 bits per heavy atom. The van der Waals surface area contributed by atoms with Crippen LogP contribution in [0.25, 0.3) is 0 Å². The number of anilines is 2. The van der Waals surface area contributed by atoms with E-state index in [9.17, 15) is 0 Å².